The molecule has 0 amide bonds. The first-order chi connectivity index (χ1) is 5.04. The van der Waals surface area contributed by atoms with Gasteiger partial charge in [0.15, 0.2) is 0 Å². The molecule has 0 fully saturated rings. The molecule has 0 heterocycles. The number of hydrogen-bond donors (Lipinski definition) is 1. The molecular weight excluding hydrogens is 164 g/mol. The topological polar surface area (TPSA) is 54.4 Å². The van der Waals surface area contributed by atoms with Crippen LogP contribution in [-0.2, 0) is 9.59 Å². The molecule has 0 saturated heterocycles. The highest BCUT2D eigenvalue weighted by Gasteiger charge is 2.10. The van der Waals surface area contributed by atoms with Crippen molar-refractivity contribution in [2.75, 3.05) is 5.75 Å². The lowest BCUT2D eigenvalue weighted by atomic mass is 10.4. The van der Waals surface area contributed by atoms with E-state index < -0.39 is 11.2 Å². The molecule has 0 aliphatic carbocycles. The summed E-state index contributed by atoms with van der Waals surface area (Å²) in [6.45, 7) is 3.12. The van der Waals surface area contributed by atoms with Gasteiger partial charge in [0.1, 0.15) is 5.78 Å². The minimum Gasteiger partial charge on any atom is -0.480 e. The molecule has 1 unspecified atom stereocenters. The first kappa shape index (κ1) is 10.5. The molecule has 4 heteroatoms. The highest BCUT2D eigenvalue weighted by atomic mass is 32.2. The van der Waals surface area contributed by atoms with Crippen LogP contribution in [-0.4, -0.2) is 27.9 Å². The normalized spacial score (nSPS) is 12.5. The number of rotatable bonds is 5. The Kier molecular flexibility index (Phi) is 4.94. The van der Waals surface area contributed by atoms with Crippen molar-refractivity contribution in [3.05, 3.63) is 0 Å². The van der Waals surface area contributed by atoms with Gasteiger partial charge in [-0.3, -0.25) is 9.59 Å². The van der Waals surface area contributed by atoms with E-state index in [4.69, 9.17) is 5.11 Å². The van der Waals surface area contributed by atoms with E-state index in [9.17, 15) is 9.59 Å². The van der Waals surface area contributed by atoms with Crippen LogP contribution in [0.3, 0.4) is 0 Å². The van der Waals surface area contributed by atoms with E-state index in [2.05, 4.69) is 0 Å². The first-order valence-corrected chi connectivity index (χ1v) is 4.42. The van der Waals surface area contributed by atoms with Crippen molar-refractivity contribution >= 4 is 23.5 Å². The molecule has 64 valence electrons. The molecular formula is C7H12O3S. The van der Waals surface area contributed by atoms with Crippen molar-refractivity contribution in [1.29, 1.82) is 0 Å². The zero-order valence-corrected chi connectivity index (χ0v) is 7.48. The van der Waals surface area contributed by atoms with E-state index in [0.29, 0.717) is 12.2 Å². The zero-order valence-electron chi connectivity index (χ0n) is 6.66. The summed E-state index contributed by atoms with van der Waals surface area (Å²) in [5, 5.41) is 8.03. The van der Waals surface area contributed by atoms with Gasteiger partial charge in [0.25, 0.3) is 0 Å². The Morgan fingerprint density at radius 1 is 1.55 bits per heavy atom. The largest absolute Gasteiger partial charge is 0.480 e. The fourth-order valence-electron chi connectivity index (χ4n) is 0.451. The molecule has 1 atom stereocenters. The summed E-state index contributed by atoms with van der Waals surface area (Å²) in [7, 11) is 0. The van der Waals surface area contributed by atoms with Crippen LogP contribution in [0.1, 0.15) is 20.3 Å². The lowest BCUT2D eigenvalue weighted by Crippen LogP contribution is -2.12. The Balaban J connectivity index is 3.39. The van der Waals surface area contributed by atoms with Crippen LogP contribution in [0.4, 0.5) is 0 Å². The third kappa shape index (κ3) is 5.91. The first-order valence-electron chi connectivity index (χ1n) is 3.38. The van der Waals surface area contributed by atoms with E-state index in [1.807, 2.05) is 0 Å². The van der Waals surface area contributed by atoms with Crippen molar-refractivity contribution in [1.82, 2.24) is 0 Å². The molecule has 0 aromatic carbocycles. The SMILES string of the molecule is CC(=O)CCSC(C)C(=O)O. The average molecular weight is 176 g/mol. The second kappa shape index (κ2) is 5.18. The van der Waals surface area contributed by atoms with Gasteiger partial charge in [-0.1, -0.05) is 0 Å². The fourth-order valence-corrected chi connectivity index (χ4v) is 1.35. The van der Waals surface area contributed by atoms with Crippen LogP contribution in [0, 0.1) is 0 Å². The molecule has 3 nitrogen and oxygen atoms in total. The maximum Gasteiger partial charge on any atom is 0.316 e. The summed E-state index contributed by atoms with van der Waals surface area (Å²) >= 11 is 1.29. The van der Waals surface area contributed by atoms with Gasteiger partial charge in [0.2, 0.25) is 0 Å². The second-order valence-electron chi connectivity index (χ2n) is 2.30. The molecule has 0 aromatic rings. The summed E-state index contributed by atoms with van der Waals surface area (Å²) in [6.07, 6.45) is 0.461. The number of carboxylic acids is 1. The number of carbonyl (C=O) groups excluding carboxylic acids is 1. The number of carbonyl (C=O) groups is 2. The van der Waals surface area contributed by atoms with Crippen molar-refractivity contribution in [2.24, 2.45) is 0 Å². The Labute approximate surface area is 70.2 Å². The van der Waals surface area contributed by atoms with E-state index in [-0.39, 0.29) is 5.78 Å². The summed E-state index contributed by atoms with van der Waals surface area (Å²) in [4.78, 5) is 20.7. The van der Waals surface area contributed by atoms with Crippen LogP contribution in [0.5, 0.6) is 0 Å². The smallest absolute Gasteiger partial charge is 0.316 e. The van der Waals surface area contributed by atoms with Crippen molar-refractivity contribution < 1.29 is 14.7 Å². The van der Waals surface area contributed by atoms with Crippen LogP contribution in [0.15, 0.2) is 0 Å². The monoisotopic (exact) mass is 176 g/mol. The summed E-state index contributed by atoms with van der Waals surface area (Å²) in [6, 6.07) is 0. The minimum absolute atomic E-state index is 0.107. The average Bonchev–Trinajstić information content (AvgIpc) is 1.86. The van der Waals surface area contributed by atoms with E-state index >= 15 is 0 Å². The van der Waals surface area contributed by atoms with Gasteiger partial charge in [0.05, 0.1) is 5.25 Å². The predicted molar refractivity (Wildman–Crippen MR) is 44.9 cm³/mol. The minimum atomic E-state index is -0.821. The van der Waals surface area contributed by atoms with Gasteiger partial charge >= 0.3 is 5.97 Å². The number of aliphatic carboxylic acids is 1. The quantitative estimate of drug-likeness (QED) is 0.683. The molecule has 0 aliphatic rings. The molecule has 0 aromatic heterocycles. The molecule has 0 aliphatic heterocycles. The van der Waals surface area contributed by atoms with E-state index in [1.165, 1.54) is 18.7 Å². The van der Waals surface area contributed by atoms with Crippen LogP contribution in [0.2, 0.25) is 0 Å². The number of thioether (sulfide) groups is 1. The van der Waals surface area contributed by atoms with Gasteiger partial charge < -0.3 is 5.11 Å². The number of hydrogen-bond acceptors (Lipinski definition) is 3. The Bertz CT molecular complexity index is 156. The van der Waals surface area contributed by atoms with Crippen LogP contribution < -0.4 is 0 Å². The maximum absolute atomic E-state index is 10.4. The molecule has 1 N–H and O–H groups in total. The van der Waals surface area contributed by atoms with Crippen LogP contribution in [0.25, 0.3) is 0 Å². The third-order valence-electron chi connectivity index (χ3n) is 1.17. The molecule has 0 spiro atoms. The molecule has 0 rings (SSSR count). The standard InChI is InChI=1S/C7H12O3S/c1-5(8)3-4-11-6(2)7(9)10/h6H,3-4H2,1-2H3,(H,9,10). The van der Waals surface area contributed by atoms with E-state index in [1.54, 1.807) is 6.92 Å². The van der Waals surface area contributed by atoms with Crippen molar-refractivity contribution in [2.45, 2.75) is 25.5 Å². The summed E-state index contributed by atoms with van der Waals surface area (Å²) in [5.41, 5.74) is 0. The van der Waals surface area contributed by atoms with Gasteiger partial charge in [-0.2, -0.15) is 0 Å². The van der Waals surface area contributed by atoms with Crippen molar-refractivity contribution in [3.8, 4) is 0 Å². The maximum atomic E-state index is 10.4. The Morgan fingerprint density at radius 2 is 2.09 bits per heavy atom. The Morgan fingerprint density at radius 3 is 2.45 bits per heavy atom. The van der Waals surface area contributed by atoms with Gasteiger partial charge in [-0.15, -0.1) is 11.8 Å². The number of ketones is 1. The molecule has 0 saturated carbocycles. The highest BCUT2D eigenvalue weighted by molar-refractivity contribution is 8.00. The van der Waals surface area contributed by atoms with Gasteiger partial charge in [0, 0.05) is 12.2 Å². The van der Waals surface area contributed by atoms with Gasteiger partial charge in [-0.05, 0) is 13.8 Å². The number of Topliss-reactive ketones (excluding diaryl/α,β-unsaturated/α-hetero) is 1. The zero-order chi connectivity index (χ0) is 8.85. The Hall–Kier alpha value is -0.510. The lowest BCUT2D eigenvalue weighted by Gasteiger charge is -2.03. The second-order valence-corrected chi connectivity index (χ2v) is 3.75. The highest BCUT2D eigenvalue weighted by Crippen LogP contribution is 2.11. The van der Waals surface area contributed by atoms with Crippen molar-refractivity contribution in [3.63, 3.8) is 0 Å². The van der Waals surface area contributed by atoms with Crippen LogP contribution >= 0.6 is 11.8 Å². The summed E-state index contributed by atoms with van der Waals surface area (Å²) in [5.74, 6) is -0.114. The molecule has 0 radical (unpaired) electrons. The molecule has 0 bridgehead atoms. The summed E-state index contributed by atoms with van der Waals surface area (Å²) < 4.78 is 0. The number of carboxylic acid groups (broad SMARTS) is 1. The third-order valence-corrected chi connectivity index (χ3v) is 2.31. The fraction of sp³-hybridized carbons (Fsp3) is 0.714. The predicted octanol–water partition coefficient (Wildman–Crippen LogP) is 1.17. The van der Waals surface area contributed by atoms with Gasteiger partial charge in [-0.25, -0.2) is 0 Å². The lowest BCUT2D eigenvalue weighted by molar-refractivity contribution is -0.136. The van der Waals surface area contributed by atoms with E-state index in [0.717, 1.165) is 0 Å². The molecule has 11 heavy (non-hydrogen) atoms.